The second-order valence-corrected chi connectivity index (χ2v) is 4.58. The quantitative estimate of drug-likeness (QED) is 0.446. The standard InChI is InChI=1S/C12H15N5S/c1-8-11(14-7-15-12(8)17-13)16-9-4-3-5-10(6-9)18-2/h3-7H,13H2,1-2H3,(H2,14,15,16,17). The molecule has 0 bridgehead atoms. The molecule has 0 aliphatic heterocycles. The van der Waals surface area contributed by atoms with Gasteiger partial charge in [-0.25, -0.2) is 15.8 Å². The molecule has 18 heavy (non-hydrogen) atoms. The van der Waals surface area contributed by atoms with Crippen LogP contribution in [-0.4, -0.2) is 16.2 Å². The Bertz CT molecular complexity index is 544. The van der Waals surface area contributed by atoms with Crippen molar-refractivity contribution in [3.8, 4) is 0 Å². The Kier molecular flexibility index (Phi) is 4.01. The molecular formula is C12H15N5S. The zero-order chi connectivity index (χ0) is 13.0. The fraction of sp³-hybridized carbons (Fsp3) is 0.167. The van der Waals surface area contributed by atoms with E-state index >= 15 is 0 Å². The van der Waals surface area contributed by atoms with Crippen LogP contribution in [0.1, 0.15) is 5.56 Å². The number of nitrogens with two attached hydrogens (primary N) is 1. The number of hydrogen-bond donors (Lipinski definition) is 3. The average molecular weight is 261 g/mol. The number of benzene rings is 1. The molecule has 0 saturated carbocycles. The van der Waals surface area contributed by atoms with Gasteiger partial charge in [0.25, 0.3) is 0 Å². The third kappa shape index (κ3) is 2.72. The summed E-state index contributed by atoms with van der Waals surface area (Å²) in [5.41, 5.74) is 4.42. The number of thioether (sulfide) groups is 1. The van der Waals surface area contributed by atoms with E-state index in [1.54, 1.807) is 11.8 Å². The van der Waals surface area contributed by atoms with Crippen LogP contribution >= 0.6 is 11.8 Å². The summed E-state index contributed by atoms with van der Waals surface area (Å²) in [6.45, 7) is 1.91. The van der Waals surface area contributed by atoms with Gasteiger partial charge < -0.3 is 10.7 Å². The Balaban J connectivity index is 2.28. The van der Waals surface area contributed by atoms with Crippen LogP contribution in [0.3, 0.4) is 0 Å². The molecule has 1 heterocycles. The molecule has 0 aliphatic rings. The van der Waals surface area contributed by atoms with E-state index in [0.29, 0.717) is 5.82 Å². The normalized spacial score (nSPS) is 10.2. The van der Waals surface area contributed by atoms with Crippen molar-refractivity contribution in [3.05, 3.63) is 36.2 Å². The maximum absolute atomic E-state index is 5.39. The Labute approximate surface area is 110 Å². The van der Waals surface area contributed by atoms with Crippen molar-refractivity contribution >= 4 is 29.1 Å². The smallest absolute Gasteiger partial charge is 0.148 e. The lowest BCUT2D eigenvalue weighted by molar-refractivity contribution is 1.10. The van der Waals surface area contributed by atoms with Crippen LogP contribution in [0.5, 0.6) is 0 Å². The van der Waals surface area contributed by atoms with Crippen molar-refractivity contribution in [2.24, 2.45) is 5.84 Å². The van der Waals surface area contributed by atoms with Gasteiger partial charge in [0.05, 0.1) is 0 Å². The minimum absolute atomic E-state index is 0.619. The molecule has 0 radical (unpaired) electrons. The van der Waals surface area contributed by atoms with Crippen molar-refractivity contribution in [2.75, 3.05) is 17.0 Å². The molecule has 6 heteroatoms. The minimum atomic E-state index is 0.619. The van der Waals surface area contributed by atoms with Crippen LogP contribution in [-0.2, 0) is 0 Å². The second-order valence-electron chi connectivity index (χ2n) is 3.70. The lowest BCUT2D eigenvalue weighted by Gasteiger charge is -2.11. The van der Waals surface area contributed by atoms with E-state index in [-0.39, 0.29) is 0 Å². The number of nitrogen functional groups attached to an aromatic ring is 1. The third-order valence-corrected chi connectivity index (χ3v) is 3.28. The predicted octanol–water partition coefficient (Wildman–Crippen LogP) is 2.54. The second kappa shape index (κ2) is 5.70. The number of nitrogens with one attached hydrogen (secondary N) is 2. The lowest BCUT2D eigenvalue weighted by atomic mass is 10.3. The Hall–Kier alpha value is -1.79. The molecule has 94 valence electrons. The molecule has 4 N–H and O–H groups in total. The fourth-order valence-corrected chi connectivity index (χ4v) is 2.02. The van der Waals surface area contributed by atoms with Crippen molar-refractivity contribution in [3.63, 3.8) is 0 Å². The van der Waals surface area contributed by atoms with Crippen LogP contribution < -0.4 is 16.6 Å². The van der Waals surface area contributed by atoms with Gasteiger partial charge >= 0.3 is 0 Å². The first-order chi connectivity index (χ1) is 8.74. The van der Waals surface area contributed by atoms with Crippen molar-refractivity contribution in [1.29, 1.82) is 0 Å². The lowest BCUT2D eigenvalue weighted by Crippen LogP contribution is -2.11. The number of anilines is 3. The van der Waals surface area contributed by atoms with Gasteiger partial charge in [0.15, 0.2) is 0 Å². The summed E-state index contributed by atoms with van der Waals surface area (Å²) >= 11 is 1.70. The Morgan fingerprint density at radius 2 is 2.00 bits per heavy atom. The number of hydrogen-bond acceptors (Lipinski definition) is 6. The van der Waals surface area contributed by atoms with Gasteiger partial charge in [0.1, 0.15) is 18.0 Å². The summed E-state index contributed by atoms with van der Waals surface area (Å²) in [6.07, 6.45) is 3.52. The summed E-state index contributed by atoms with van der Waals surface area (Å²) < 4.78 is 0. The van der Waals surface area contributed by atoms with Gasteiger partial charge in [-0.15, -0.1) is 11.8 Å². The van der Waals surface area contributed by atoms with Gasteiger partial charge in [-0.05, 0) is 31.4 Å². The highest BCUT2D eigenvalue weighted by atomic mass is 32.2. The maximum atomic E-state index is 5.39. The molecular weight excluding hydrogens is 246 g/mol. The van der Waals surface area contributed by atoms with Gasteiger partial charge in [-0.2, -0.15) is 0 Å². The van der Waals surface area contributed by atoms with Crippen LogP contribution in [0, 0.1) is 6.92 Å². The molecule has 0 aliphatic carbocycles. The summed E-state index contributed by atoms with van der Waals surface area (Å²) in [5, 5.41) is 3.26. The molecule has 0 spiro atoms. The first-order valence-corrected chi connectivity index (χ1v) is 6.66. The highest BCUT2D eigenvalue weighted by molar-refractivity contribution is 7.98. The SMILES string of the molecule is CSc1cccc(Nc2ncnc(NN)c2C)c1. The monoisotopic (exact) mass is 261 g/mol. The largest absolute Gasteiger partial charge is 0.340 e. The summed E-state index contributed by atoms with van der Waals surface area (Å²) in [6, 6.07) is 8.14. The number of aromatic nitrogens is 2. The molecule has 0 unspecified atom stereocenters. The molecule has 0 atom stereocenters. The van der Waals surface area contributed by atoms with Gasteiger partial charge in [-0.3, -0.25) is 0 Å². The molecule has 2 rings (SSSR count). The number of rotatable bonds is 4. The van der Waals surface area contributed by atoms with Crippen LogP contribution in [0.15, 0.2) is 35.5 Å². The van der Waals surface area contributed by atoms with Crippen LogP contribution in [0.2, 0.25) is 0 Å². The summed E-state index contributed by atoms with van der Waals surface area (Å²) in [5.74, 6) is 6.75. The summed E-state index contributed by atoms with van der Waals surface area (Å²) in [7, 11) is 0. The molecule has 5 nitrogen and oxygen atoms in total. The van der Waals surface area contributed by atoms with E-state index < -0.39 is 0 Å². The predicted molar refractivity (Wildman–Crippen MR) is 76.1 cm³/mol. The van der Waals surface area contributed by atoms with Gasteiger partial charge in [0.2, 0.25) is 0 Å². The Morgan fingerprint density at radius 3 is 2.72 bits per heavy atom. The number of hydrazine groups is 1. The molecule has 0 fully saturated rings. The topological polar surface area (TPSA) is 75.9 Å². The van der Waals surface area contributed by atoms with Crippen molar-refractivity contribution < 1.29 is 0 Å². The zero-order valence-corrected chi connectivity index (χ0v) is 11.1. The highest BCUT2D eigenvalue weighted by Gasteiger charge is 2.06. The Morgan fingerprint density at radius 1 is 1.22 bits per heavy atom. The minimum Gasteiger partial charge on any atom is -0.340 e. The molecule has 2 aromatic rings. The van der Waals surface area contributed by atoms with Gasteiger partial charge in [-0.1, -0.05) is 6.07 Å². The highest BCUT2D eigenvalue weighted by Crippen LogP contribution is 2.24. The third-order valence-electron chi connectivity index (χ3n) is 2.55. The van der Waals surface area contributed by atoms with Gasteiger partial charge in [0, 0.05) is 16.1 Å². The number of nitrogens with zero attached hydrogens (tertiary/aromatic N) is 2. The maximum Gasteiger partial charge on any atom is 0.148 e. The summed E-state index contributed by atoms with van der Waals surface area (Å²) in [4.78, 5) is 9.45. The average Bonchev–Trinajstić information content (AvgIpc) is 2.41. The molecule has 0 amide bonds. The van der Waals surface area contributed by atoms with E-state index in [9.17, 15) is 0 Å². The molecule has 1 aromatic heterocycles. The van der Waals surface area contributed by atoms with E-state index in [4.69, 9.17) is 5.84 Å². The fourth-order valence-electron chi connectivity index (χ4n) is 1.56. The molecule has 1 aromatic carbocycles. The first kappa shape index (κ1) is 12.7. The molecule has 0 saturated heterocycles. The van der Waals surface area contributed by atoms with E-state index in [1.807, 2.05) is 25.3 Å². The van der Waals surface area contributed by atoms with E-state index in [2.05, 4.69) is 32.8 Å². The van der Waals surface area contributed by atoms with Crippen molar-refractivity contribution in [2.45, 2.75) is 11.8 Å². The van der Waals surface area contributed by atoms with Crippen molar-refractivity contribution in [1.82, 2.24) is 9.97 Å². The zero-order valence-electron chi connectivity index (χ0n) is 10.3. The van der Waals surface area contributed by atoms with E-state index in [0.717, 1.165) is 17.1 Å². The van der Waals surface area contributed by atoms with Crippen LogP contribution in [0.25, 0.3) is 0 Å². The van der Waals surface area contributed by atoms with Crippen LogP contribution in [0.4, 0.5) is 17.3 Å². The first-order valence-electron chi connectivity index (χ1n) is 5.44. The van der Waals surface area contributed by atoms with E-state index in [1.165, 1.54) is 11.2 Å².